The smallest absolute Gasteiger partial charge is 0.331 e. The minimum absolute atomic E-state index is 0.0251. The van der Waals surface area contributed by atoms with Crippen molar-refractivity contribution in [3.63, 3.8) is 0 Å². The zero-order valence-corrected chi connectivity index (χ0v) is 14.8. The average molecular weight is 347 g/mol. The Bertz CT molecular complexity index is 653. The summed E-state index contributed by atoms with van der Waals surface area (Å²) in [4.78, 5) is 25.3. The monoisotopic (exact) mass is 347 g/mol. The minimum Gasteiger partial charge on any atom is -0.491 e. The van der Waals surface area contributed by atoms with Crippen molar-refractivity contribution in [2.24, 2.45) is 0 Å². The second kappa shape index (κ2) is 9.22. The summed E-state index contributed by atoms with van der Waals surface area (Å²) in [6, 6.07) is 5.39. The SMILES string of the molecule is CCCOCCOc1ccc2c(c1)C=C(C(=O)O)CCN2C(=O)CC. The van der Waals surface area contributed by atoms with Gasteiger partial charge in [0.25, 0.3) is 0 Å². The zero-order chi connectivity index (χ0) is 18.2. The first kappa shape index (κ1) is 19.0. The van der Waals surface area contributed by atoms with Crippen molar-refractivity contribution in [2.75, 3.05) is 31.3 Å². The summed E-state index contributed by atoms with van der Waals surface area (Å²) >= 11 is 0. The zero-order valence-electron chi connectivity index (χ0n) is 14.8. The molecule has 6 nitrogen and oxygen atoms in total. The third kappa shape index (κ3) is 5.06. The number of ether oxygens (including phenoxy) is 2. The third-order valence-corrected chi connectivity index (χ3v) is 3.95. The Morgan fingerprint density at radius 3 is 2.68 bits per heavy atom. The van der Waals surface area contributed by atoms with Crippen molar-refractivity contribution >= 4 is 23.6 Å². The molecule has 1 aromatic carbocycles. The van der Waals surface area contributed by atoms with Gasteiger partial charge in [-0.15, -0.1) is 0 Å². The van der Waals surface area contributed by atoms with Crippen molar-refractivity contribution in [1.29, 1.82) is 0 Å². The van der Waals surface area contributed by atoms with Gasteiger partial charge in [0.2, 0.25) is 5.91 Å². The van der Waals surface area contributed by atoms with Crippen molar-refractivity contribution in [3.05, 3.63) is 29.3 Å². The minimum atomic E-state index is -0.962. The van der Waals surface area contributed by atoms with Gasteiger partial charge < -0.3 is 19.5 Å². The molecule has 1 aromatic rings. The standard InChI is InChI=1S/C19H25NO5/c1-3-9-24-10-11-25-16-5-6-17-15(13-16)12-14(19(22)23)7-8-20(17)18(21)4-2/h5-6,12-13H,3-4,7-11H2,1-2H3,(H,22,23). The third-order valence-electron chi connectivity index (χ3n) is 3.95. The number of nitrogens with zero attached hydrogens (tertiary/aromatic N) is 1. The molecule has 1 N–H and O–H groups in total. The van der Waals surface area contributed by atoms with Crippen molar-refractivity contribution in [2.45, 2.75) is 33.1 Å². The molecule has 0 saturated heterocycles. The fourth-order valence-corrected chi connectivity index (χ4v) is 2.68. The molecule has 0 fully saturated rings. The summed E-state index contributed by atoms with van der Waals surface area (Å²) in [7, 11) is 0. The maximum Gasteiger partial charge on any atom is 0.331 e. The quantitative estimate of drug-likeness (QED) is 0.731. The van der Waals surface area contributed by atoms with Crippen LogP contribution in [0.5, 0.6) is 5.75 Å². The van der Waals surface area contributed by atoms with Gasteiger partial charge in [0.15, 0.2) is 0 Å². The first-order chi connectivity index (χ1) is 12.1. The molecule has 1 heterocycles. The highest BCUT2D eigenvalue weighted by molar-refractivity contribution is 6.00. The number of anilines is 1. The van der Waals surface area contributed by atoms with E-state index in [1.165, 1.54) is 0 Å². The summed E-state index contributed by atoms with van der Waals surface area (Å²) in [5, 5.41) is 9.34. The Hall–Kier alpha value is -2.34. The molecule has 1 aliphatic heterocycles. The molecular weight excluding hydrogens is 322 g/mol. The van der Waals surface area contributed by atoms with E-state index in [4.69, 9.17) is 9.47 Å². The van der Waals surface area contributed by atoms with Crippen LogP contribution < -0.4 is 9.64 Å². The number of benzene rings is 1. The maximum absolute atomic E-state index is 12.2. The van der Waals surface area contributed by atoms with E-state index in [1.54, 1.807) is 30.0 Å². The summed E-state index contributed by atoms with van der Waals surface area (Å²) < 4.78 is 11.1. The molecule has 0 aliphatic carbocycles. The lowest BCUT2D eigenvalue weighted by Crippen LogP contribution is -2.31. The highest BCUT2D eigenvalue weighted by Crippen LogP contribution is 2.31. The number of hydrogen-bond donors (Lipinski definition) is 1. The Labute approximate surface area is 148 Å². The number of aliphatic carboxylic acids is 1. The number of rotatable bonds is 8. The fraction of sp³-hybridized carbons (Fsp3) is 0.474. The molecule has 0 saturated carbocycles. The summed E-state index contributed by atoms with van der Waals surface area (Å²) in [5.74, 6) is -0.357. The second-order valence-electron chi connectivity index (χ2n) is 5.81. The number of carbonyl (C=O) groups excluding carboxylic acids is 1. The van der Waals surface area contributed by atoms with Crippen LogP contribution in [0.2, 0.25) is 0 Å². The van der Waals surface area contributed by atoms with E-state index in [2.05, 4.69) is 0 Å². The van der Waals surface area contributed by atoms with Crippen LogP contribution >= 0.6 is 0 Å². The number of amides is 1. The van der Waals surface area contributed by atoms with Crippen LogP contribution in [0.3, 0.4) is 0 Å². The van der Waals surface area contributed by atoms with Gasteiger partial charge in [-0.3, -0.25) is 4.79 Å². The topological polar surface area (TPSA) is 76.1 Å². The molecule has 0 spiro atoms. The summed E-state index contributed by atoms with van der Waals surface area (Å²) in [5.41, 5.74) is 1.69. The molecule has 136 valence electrons. The molecule has 0 aromatic heterocycles. The lowest BCUT2D eigenvalue weighted by molar-refractivity contribution is -0.132. The van der Waals surface area contributed by atoms with Crippen molar-refractivity contribution < 1.29 is 24.2 Å². The van der Waals surface area contributed by atoms with Crippen molar-refractivity contribution in [1.82, 2.24) is 0 Å². The molecule has 0 unspecified atom stereocenters. The molecule has 6 heteroatoms. The maximum atomic E-state index is 12.2. The van der Waals surface area contributed by atoms with Gasteiger partial charge in [-0.2, -0.15) is 0 Å². The Kier molecular flexibility index (Phi) is 7.01. The van der Waals surface area contributed by atoms with E-state index in [9.17, 15) is 14.7 Å². The lowest BCUT2D eigenvalue weighted by Gasteiger charge is -2.22. The first-order valence-electron chi connectivity index (χ1n) is 8.65. The fourth-order valence-electron chi connectivity index (χ4n) is 2.68. The van der Waals surface area contributed by atoms with Gasteiger partial charge in [0.05, 0.1) is 12.3 Å². The molecule has 1 aliphatic rings. The summed E-state index contributed by atoms with van der Waals surface area (Å²) in [6.07, 6.45) is 3.27. The van der Waals surface area contributed by atoms with E-state index in [1.807, 2.05) is 13.0 Å². The van der Waals surface area contributed by atoms with Gasteiger partial charge in [-0.1, -0.05) is 13.8 Å². The number of carboxylic acid groups (broad SMARTS) is 1. The van der Waals surface area contributed by atoms with E-state index in [0.29, 0.717) is 50.5 Å². The van der Waals surface area contributed by atoms with E-state index in [-0.39, 0.29) is 11.5 Å². The molecule has 0 atom stereocenters. The van der Waals surface area contributed by atoms with Gasteiger partial charge in [-0.25, -0.2) is 4.79 Å². The molecular formula is C19H25NO5. The molecule has 0 radical (unpaired) electrons. The number of carbonyl (C=O) groups is 2. The van der Waals surface area contributed by atoms with Crippen molar-refractivity contribution in [3.8, 4) is 5.75 Å². The van der Waals surface area contributed by atoms with Crippen LogP contribution in [0.4, 0.5) is 5.69 Å². The molecule has 1 amide bonds. The Balaban J connectivity index is 2.22. The highest BCUT2D eigenvalue weighted by Gasteiger charge is 2.23. The van der Waals surface area contributed by atoms with E-state index < -0.39 is 5.97 Å². The predicted molar refractivity (Wildman–Crippen MR) is 95.9 cm³/mol. The Morgan fingerprint density at radius 1 is 1.20 bits per heavy atom. The normalized spacial score (nSPS) is 13.7. The van der Waals surface area contributed by atoms with Crippen LogP contribution in [-0.2, 0) is 14.3 Å². The molecule has 0 bridgehead atoms. The lowest BCUT2D eigenvalue weighted by atomic mass is 10.1. The van der Waals surface area contributed by atoms with Crippen LogP contribution in [0.15, 0.2) is 23.8 Å². The van der Waals surface area contributed by atoms with Gasteiger partial charge >= 0.3 is 5.97 Å². The largest absolute Gasteiger partial charge is 0.491 e. The highest BCUT2D eigenvalue weighted by atomic mass is 16.5. The number of fused-ring (bicyclic) bond motifs is 1. The average Bonchev–Trinajstić information content (AvgIpc) is 2.80. The van der Waals surface area contributed by atoms with E-state index in [0.717, 1.165) is 12.1 Å². The van der Waals surface area contributed by atoms with Crippen LogP contribution in [0, 0.1) is 0 Å². The van der Waals surface area contributed by atoms with E-state index >= 15 is 0 Å². The van der Waals surface area contributed by atoms with Crippen LogP contribution in [-0.4, -0.2) is 43.3 Å². The van der Waals surface area contributed by atoms with Gasteiger partial charge in [0.1, 0.15) is 12.4 Å². The predicted octanol–water partition coefficient (Wildman–Crippen LogP) is 3.11. The number of hydrogen-bond acceptors (Lipinski definition) is 4. The summed E-state index contributed by atoms with van der Waals surface area (Å²) in [6.45, 7) is 5.83. The van der Waals surface area contributed by atoms with Gasteiger partial charge in [-0.05, 0) is 37.1 Å². The molecule has 25 heavy (non-hydrogen) atoms. The number of carboxylic acids is 1. The molecule has 2 rings (SSSR count). The Morgan fingerprint density at radius 2 is 2.00 bits per heavy atom. The van der Waals surface area contributed by atoms with Crippen LogP contribution in [0.25, 0.3) is 6.08 Å². The van der Waals surface area contributed by atoms with Crippen LogP contribution in [0.1, 0.15) is 38.7 Å². The first-order valence-corrected chi connectivity index (χ1v) is 8.65. The second-order valence-corrected chi connectivity index (χ2v) is 5.81. The van der Waals surface area contributed by atoms with Gasteiger partial charge in [0, 0.05) is 30.7 Å².